The largest absolute Gasteiger partial charge is 0.383 e. The van der Waals surface area contributed by atoms with E-state index in [1.54, 1.807) is 0 Å². The number of aromatic nitrogens is 3. The smallest absolute Gasteiger partial charge is 0.312 e. The number of hydrogen-bond acceptors (Lipinski definition) is 7. The minimum absolute atomic E-state index is 0.0424. The van der Waals surface area contributed by atoms with E-state index in [4.69, 9.17) is 0 Å². The first-order chi connectivity index (χ1) is 9.86. The monoisotopic (exact) mass is 312 g/mol. The number of nitro groups is 1. The van der Waals surface area contributed by atoms with Crippen LogP contribution in [-0.4, -0.2) is 35.2 Å². The second-order valence-electron chi connectivity index (χ2n) is 3.97. The Hall–Kier alpha value is -2.69. The molecule has 0 atom stereocenters. The highest BCUT2D eigenvalue weighted by atomic mass is 32.2. The van der Waals surface area contributed by atoms with E-state index in [0.717, 1.165) is 12.4 Å². The van der Waals surface area contributed by atoms with Crippen molar-refractivity contribution in [3.05, 3.63) is 34.6 Å². The van der Waals surface area contributed by atoms with E-state index in [1.807, 2.05) is 0 Å². The van der Waals surface area contributed by atoms with E-state index in [9.17, 15) is 18.5 Å². The quantitative estimate of drug-likeness (QED) is 0.609. The summed E-state index contributed by atoms with van der Waals surface area (Å²) < 4.78 is 28.0. The third-order valence-electron chi connectivity index (χ3n) is 2.68. The molecular formula is C10H12N6O4S. The molecule has 0 aliphatic carbocycles. The van der Waals surface area contributed by atoms with Crippen LogP contribution in [0, 0.1) is 10.1 Å². The Labute approximate surface area is 120 Å². The van der Waals surface area contributed by atoms with Crippen LogP contribution in [0.4, 0.5) is 17.3 Å². The maximum atomic E-state index is 12.3. The van der Waals surface area contributed by atoms with Gasteiger partial charge in [0.25, 0.3) is 10.0 Å². The number of rotatable bonds is 5. The lowest BCUT2D eigenvalue weighted by Crippen LogP contribution is -2.18. The lowest BCUT2D eigenvalue weighted by molar-refractivity contribution is -0.386. The van der Waals surface area contributed by atoms with Gasteiger partial charge in [-0.1, -0.05) is 6.07 Å². The van der Waals surface area contributed by atoms with Crippen molar-refractivity contribution in [1.82, 2.24) is 14.8 Å². The standard InChI is InChI=1S/C10H12N6O4S/c1-11-7-4-3-5-8(9(7)16(17)18)21(19,20)14-10-12-6-13-15(10)2/h3-6,11H,1-2H3,(H,12,13,14). The van der Waals surface area contributed by atoms with Crippen molar-refractivity contribution < 1.29 is 13.3 Å². The van der Waals surface area contributed by atoms with Gasteiger partial charge in [0.1, 0.15) is 12.0 Å². The molecule has 0 bridgehead atoms. The molecule has 0 unspecified atom stereocenters. The summed E-state index contributed by atoms with van der Waals surface area (Å²) in [6.45, 7) is 0. The van der Waals surface area contributed by atoms with Crippen molar-refractivity contribution >= 4 is 27.3 Å². The minimum atomic E-state index is -4.17. The summed E-state index contributed by atoms with van der Waals surface area (Å²) in [5, 5.41) is 17.5. The minimum Gasteiger partial charge on any atom is -0.383 e. The molecule has 0 aliphatic rings. The summed E-state index contributed by atoms with van der Waals surface area (Å²) in [6, 6.07) is 3.97. The first kappa shape index (κ1) is 14.7. The Kier molecular flexibility index (Phi) is 3.76. The van der Waals surface area contributed by atoms with Crippen LogP contribution in [0.15, 0.2) is 29.4 Å². The maximum Gasteiger partial charge on any atom is 0.312 e. The molecule has 112 valence electrons. The van der Waals surface area contributed by atoms with E-state index in [2.05, 4.69) is 20.1 Å². The third kappa shape index (κ3) is 2.76. The summed E-state index contributed by atoms with van der Waals surface area (Å²) in [6.07, 6.45) is 1.16. The van der Waals surface area contributed by atoms with Crippen molar-refractivity contribution in [1.29, 1.82) is 0 Å². The number of nitrogens with zero attached hydrogens (tertiary/aromatic N) is 4. The predicted molar refractivity (Wildman–Crippen MR) is 74.5 cm³/mol. The number of nitrogens with one attached hydrogen (secondary N) is 2. The second-order valence-corrected chi connectivity index (χ2v) is 5.62. The molecule has 10 nitrogen and oxygen atoms in total. The van der Waals surface area contributed by atoms with Gasteiger partial charge in [-0.15, -0.1) is 0 Å². The van der Waals surface area contributed by atoms with E-state index < -0.39 is 25.5 Å². The number of sulfonamides is 1. The molecule has 0 radical (unpaired) electrons. The number of nitro benzene ring substituents is 1. The van der Waals surface area contributed by atoms with Gasteiger partial charge in [-0.25, -0.2) is 17.8 Å². The van der Waals surface area contributed by atoms with Crippen LogP contribution in [0.3, 0.4) is 0 Å². The van der Waals surface area contributed by atoms with Crippen molar-refractivity contribution in [3.8, 4) is 0 Å². The highest BCUT2D eigenvalue weighted by molar-refractivity contribution is 7.92. The van der Waals surface area contributed by atoms with Gasteiger partial charge in [0.15, 0.2) is 4.90 Å². The summed E-state index contributed by atoms with van der Waals surface area (Å²) in [5.74, 6) is -0.0424. The molecule has 11 heteroatoms. The van der Waals surface area contributed by atoms with Gasteiger partial charge in [0.2, 0.25) is 5.95 Å². The summed E-state index contributed by atoms with van der Waals surface area (Å²) in [7, 11) is -1.21. The lowest BCUT2D eigenvalue weighted by Gasteiger charge is -2.09. The first-order valence-corrected chi connectivity index (χ1v) is 7.17. The van der Waals surface area contributed by atoms with Gasteiger partial charge in [-0.2, -0.15) is 10.1 Å². The molecule has 2 rings (SSSR count). The Morgan fingerprint density at radius 2 is 2.10 bits per heavy atom. The van der Waals surface area contributed by atoms with E-state index in [-0.39, 0.29) is 11.6 Å². The SMILES string of the molecule is CNc1cccc(S(=O)(=O)Nc2ncnn2C)c1[N+](=O)[O-]. The molecule has 0 amide bonds. The highest BCUT2D eigenvalue weighted by Crippen LogP contribution is 2.32. The normalized spacial score (nSPS) is 11.1. The fourth-order valence-corrected chi connectivity index (χ4v) is 2.92. The Bertz CT molecular complexity index is 785. The van der Waals surface area contributed by atoms with E-state index in [1.165, 1.54) is 30.9 Å². The van der Waals surface area contributed by atoms with Gasteiger partial charge in [0.05, 0.1) is 4.92 Å². The number of aryl methyl sites for hydroxylation is 1. The van der Waals surface area contributed by atoms with Crippen molar-refractivity contribution in [3.63, 3.8) is 0 Å². The third-order valence-corrected chi connectivity index (χ3v) is 4.04. The Morgan fingerprint density at radius 1 is 1.38 bits per heavy atom. The number of para-hydroxylation sites is 1. The number of hydrogen-bond donors (Lipinski definition) is 2. The Morgan fingerprint density at radius 3 is 2.62 bits per heavy atom. The summed E-state index contributed by atoms with van der Waals surface area (Å²) in [5.41, 5.74) is -0.435. The first-order valence-electron chi connectivity index (χ1n) is 5.69. The Balaban J connectivity index is 2.55. The molecule has 21 heavy (non-hydrogen) atoms. The van der Waals surface area contributed by atoms with E-state index >= 15 is 0 Å². The summed E-state index contributed by atoms with van der Waals surface area (Å²) >= 11 is 0. The van der Waals surface area contributed by atoms with Crippen LogP contribution >= 0.6 is 0 Å². The van der Waals surface area contributed by atoms with Gasteiger partial charge in [-0.05, 0) is 12.1 Å². The summed E-state index contributed by atoms with van der Waals surface area (Å²) in [4.78, 5) is 13.7. The molecule has 0 aliphatic heterocycles. The molecule has 0 spiro atoms. The van der Waals surface area contributed by atoms with Gasteiger partial charge >= 0.3 is 5.69 Å². The van der Waals surface area contributed by atoms with Crippen LogP contribution in [0.25, 0.3) is 0 Å². The number of anilines is 2. The van der Waals surface area contributed by atoms with Crippen molar-refractivity contribution in [2.24, 2.45) is 7.05 Å². The van der Waals surface area contributed by atoms with Gasteiger partial charge in [0, 0.05) is 14.1 Å². The highest BCUT2D eigenvalue weighted by Gasteiger charge is 2.29. The molecule has 1 aromatic heterocycles. The molecule has 1 aromatic carbocycles. The van der Waals surface area contributed by atoms with Crippen molar-refractivity contribution in [2.45, 2.75) is 4.90 Å². The molecule has 2 N–H and O–H groups in total. The van der Waals surface area contributed by atoms with Crippen LogP contribution in [0.2, 0.25) is 0 Å². The van der Waals surface area contributed by atoms with Crippen molar-refractivity contribution in [2.75, 3.05) is 17.1 Å². The average molecular weight is 312 g/mol. The zero-order valence-electron chi connectivity index (χ0n) is 11.1. The van der Waals surface area contributed by atoms with Gasteiger partial charge < -0.3 is 5.32 Å². The van der Waals surface area contributed by atoms with Gasteiger partial charge in [-0.3, -0.25) is 10.1 Å². The average Bonchev–Trinajstić information content (AvgIpc) is 2.82. The van der Waals surface area contributed by atoms with E-state index in [0.29, 0.717) is 0 Å². The zero-order valence-corrected chi connectivity index (χ0v) is 12.0. The molecule has 0 saturated heterocycles. The fraction of sp³-hybridized carbons (Fsp3) is 0.200. The zero-order chi connectivity index (χ0) is 15.6. The molecule has 2 aromatic rings. The predicted octanol–water partition coefficient (Wildman–Crippen LogP) is 0.566. The van der Waals surface area contributed by atoms with Crippen LogP contribution < -0.4 is 10.0 Å². The molecule has 0 saturated carbocycles. The molecular weight excluding hydrogens is 300 g/mol. The molecule has 1 heterocycles. The second kappa shape index (κ2) is 5.36. The maximum absolute atomic E-state index is 12.3. The van der Waals surface area contributed by atoms with Crippen LogP contribution in [0.1, 0.15) is 0 Å². The lowest BCUT2D eigenvalue weighted by atomic mass is 10.3. The molecule has 0 fully saturated rings. The fourth-order valence-electron chi connectivity index (χ4n) is 1.69. The number of benzene rings is 1. The topological polar surface area (TPSA) is 132 Å². The van der Waals surface area contributed by atoms with Crippen LogP contribution in [-0.2, 0) is 17.1 Å². The van der Waals surface area contributed by atoms with Crippen LogP contribution in [0.5, 0.6) is 0 Å².